The van der Waals surface area contributed by atoms with Crippen molar-refractivity contribution in [2.75, 3.05) is 30.5 Å². The van der Waals surface area contributed by atoms with E-state index in [1.807, 2.05) is 30.9 Å². The summed E-state index contributed by atoms with van der Waals surface area (Å²) < 4.78 is 0. The van der Waals surface area contributed by atoms with E-state index in [-0.39, 0.29) is 11.9 Å². The predicted molar refractivity (Wildman–Crippen MR) is 87.4 cm³/mol. The summed E-state index contributed by atoms with van der Waals surface area (Å²) in [6.45, 7) is 0.990. The Morgan fingerprint density at radius 3 is 2.90 bits per heavy atom. The summed E-state index contributed by atoms with van der Waals surface area (Å²) in [6, 6.07) is 8.38. The Hall–Kier alpha value is -1.00. The van der Waals surface area contributed by atoms with Crippen LogP contribution in [-0.4, -0.2) is 31.5 Å². The van der Waals surface area contributed by atoms with Crippen molar-refractivity contribution in [3.05, 3.63) is 29.8 Å². The molecule has 3 nitrogen and oxygen atoms in total. The van der Waals surface area contributed by atoms with Crippen LogP contribution in [-0.2, 0) is 4.79 Å². The fourth-order valence-electron chi connectivity index (χ4n) is 2.65. The summed E-state index contributed by atoms with van der Waals surface area (Å²) in [5.74, 6) is 1.44. The summed E-state index contributed by atoms with van der Waals surface area (Å²) >= 11 is 1.91. The highest BCUT2D eigenvalue weighted by molar-refractivity contribution is 7.98. The Balaban J connectivity index is 1.89. The number of rotatable bonds is 7. The molecule has 1 atom stereocenters. The smallest absolute Gasteiger partial charge is 0.228 e. The molecule has 20 heavy (non-hydrogen) atoms. The van der Waals surface area contributed by atoms with Crippen LogP contribution < -0.4 is 10.2 Å². The standard InChI is InChI=1S/C16H24N2OS/c1-18-15-9-5-4-8-13(15)14(12-16(18)19)17-10-6-3-7-11-20-2/h4-5,8-9,14,17H,3,6-7,10-12H2,1-2H3. The van der Waals surface area contributed by atoms with Gasteiger partial charge in [-0.25, -0.2) is 0 Å². The summed E-state index contributed by atoms with van der Waals surface area (Å²) in [5.41, 5.74) is 2.29. The van der Waals surface area contributed by atoms with E-state index in [9.17, 15) is 4.79 Å². The van der Waals surface area contributed by atoms with Gasteiger partial charge in [-0.3, -0.25) is 4.79 Å². The number of thioether (sulfide) groups is 1. The Morgan fingerprint density at radius 2 is 2.10 bits per heavy atom. The number of nitrogens with one attached hydrogen (secondary N) is 1. The second-order valence-corrected chi connectivity index (χ2v) is 6.26. The van der Waals surface area contributed by atoms with E-state index in [4.69, 9.17) is 0 Å². The van der Waals surface area contributed by atoms with E-state index < -0.39 is 0 Å². The number of nitrogens with zero attached hydrogens (tertiary/aromatic N) is 1. The van der Waals surface area contributed by atoms with E-state index in [1.54, 1.807) is 4.90 Å². The average molecular weight is 292 g/mol. The van der Waals surface area contributed by atoms with Crippen LogP contribution in [0.25, 0.3) is 0 Å². The second kappa shape index (κ2) is 7.70. The molecule has 1 aromatic rings. The molecule has 1 aliphatic heterocycles. The maximum absolute atomic E-state index is 12.0. The molecule has 0 aromatic heterocycles. The molecule has 4 heteroatoms. The van der Waals surface area contributed by atoms with Crippen molar-refractivity contribution in [3.8, 4) is 0 Å². The number of unbranched alkanes of at least 4 members (excludes halogenated alkanes) is 2. The number of anilines is 1. The van der Waals surface area contributed by atoms with Crippen LogP contribution in [0.15, 0.2) is 24.3 Å². The lowest BCUT2D eigenvalue weighted by atomic mass is 9.96. The van der Waals surface area contributed by atoms with Crippen LogP contribution in [0.3, 0.4) is 0 Å². The molecule has 0 aliphatic carbocycles. The highest BCUT2D eigenvalue weighted by atomic mass is 32.2. The van der Waals surface area contributed by atoms with Gasteiger partial charge >= 0.3 is 0 Å². The number of amides is 1. The summed E-state index contributed by atoms with van der Waals surface area (Å²) in [7, 11) is 1.86. The molecule has 0 radical (unpaired) electrons. The summed E-state index contributed by atoms with van der Waals surface area (Å²) in [6.07, 6.45) is 6.45. The van der Waals surface area contributed by atoms with Crippen molar-refractivity contribution in [2.45, 2.75) is 31.7 Å². The molecule has 2 rings (SSSR count). The van der Waals surface area contributed by atoms with Gasteiger partial charge in [0.05, 0.1) is 0 Å². The van der Waals surface area contributed by atoms with Crippen molar-refractivity contribution in [1.82, 2.24) is 5.32 Å². The van der Waals surface area contributed by atoms with Crippen LogP contribution in [0.5, 0.6) is 0 Å². The number of hydrogen-bond acceptors (Lipinski definition) is 3. The molecule has 0 fully saturated rings. The van der Waals surface area contributed by atoms with Crippen molar-refractivity contribution in [2.24, 2.45) is 0 Å². The monoisotopic (exact) mass is 292 g/mol. The van der Waals surface area contributed by atoms with Crippen molar-refractivity contribution in [3.63, 3.8) is 0 Å². The predicted octanol–water partition coefficient (Wildman–Crippen LogP) is 3.22. The van der Waals surface area contributed by atoms with E-state index in [0.29, 0.717) is 6.42 Å². The third-order valence-corrected chi connectivity index (χ3v) is 4.54. The third kappa shape index (κ3) is 3.76. The molecule has 0 saturated carbocycles. The van der Waals surface area contributed by atoms with E-state index in [1.165, 1.54) is 30.6 Å². The highest BCUT2D eigenvalue weighted by Crippen LogP contribution is 2.33. The molecule has 1 amide bonds. The summed E-state index contributed by atoms with van der Waals surface area (Å²) in [4.78, 5) is 13.8. The first-order valence-corrected chi connectivity index (χ1v) is 8.71. The molecule has 1 N–H and O–H groups in total. The quantitative estimate of drug-likeness (QED) is 0.783. The van der Waals surface area contributed by atoms with E-state index in [0.717, 1.165) is 12.2 Å². The van der Waals surface area contributed by atoms with Gasteiger partial charge in [-0.15, -0.1) is 0 Å². The van der Waals surface area contributed by atoms with Gasteiger partial charge in [-0.2, -0.15) is 11.8 Å². The lowest BCUT2D eigenvalue weighted by Gasteiger charge is -2.32. The van der Waals surface area contributed by atoms with Gasteiger partial charge in [0.2, 0.25) is 5.91 Å². The first-order chi connectivity index (χ1) is 9.74. The molecule has 1 aromatic carbocycles. The number of para-hydroxylation sites is 1. The highest BCUT2D eigenvalue weighted by Gasteiger charge is 2.28. The molecule has 1 aliphatic rings. The number of carbonyl (C=O) groups excluding carboxylic acids is 1. The number of carbonyl (C=O) groups is 1. The molecule has 0 bridgehead atoms. The van der Waals surface area contributed by atoms with Crippen LogP contribution in [0.2, 0.25) is 0 Å². The molecule has 1 heterocycles. The van der Waals surface area contributed by atoms with Gasteiger partial charge in [0.25, 0.3) is 0 Å². The number of benzene rings is 1. The minimum absolute atomic E-state index is 0.176. The van der Waals surface area contributed by atoms with Crippen LogP contribution >= 0.6 is 11.8 Å². The molecule has 0 saturated heterocycles. The minimum atomic E-state index is 0.176. The summed E-state index contributed by atoms with van der Waals surface area (Å²) in [5, 5.41) is 3.55. The fraction of sp³-hybridized carbons (Fsp3) is 0.562. The maximum Gasteiger partial charge on any atom is 0.228 e. The van der Waals surface area contributed by atoms with Crippen molar-refractivity contribution in [1.29, 1.82) is 0 Å². The Bertz CT molecular complexity index is 450. The molecule has 1 unspecified atom stereocenters. The van der Waals surface area contributed by atoms with Crippen molar-refractivity contribution < 1.29 is 4.79 Å². The topological polar surface area (TPSA) is 32.3 Å². The average Bonchev–Trinajstić information content (AvgIpc) is 2.47. The molecule has 0 spiro atoms. The maximum atomic E-state index is 12.0. The normalized spacial score (nSPS) is 18.2. The zero-order chi connectivity index (χ0) is 14.4. The van der Waals surface area contributed by atoms with Crippen LogP contribution in [0.4, 0.5) is 5.69 Å². The lowest BCUT2D eigenvalue weighted by molar-refractivity contribution is -0.119. The van der Waals surface area contributed by atoms with Gasteiger partial charge < -0.3 is 10.2 Å². The van der Waals surface area contributed by atoms with Gasteiger partial charge in [-0.05, 0) is 43.0 Å². The third-order valence-electron chi connectivity index (χ3n) is 3.84. The van der Waals surface area contributed by atoms with Gasteiger partial charge in [0, 0.05) is 25.2 Å². The van der Waals surface area contributed by atoms with Gasteiger partial charge in [0.15, 0.2) is 0 Å². The van der Waals surface area contributed by atoms with Gasteiger partial charge in [-0.1, -0.05) is 24.6 Å². The minimum Gasteiger partial charge on any atom is -0.315 e. The van der Waals surface area contributed by atoms with Gasteiger partial charge in [0.1, 0.15) is 0 Å². The Morgan fingerprint density at radius 1 is 1.30 bits per heavy atom. The SMILES string of the molecule is CSCCCCCNC1CC(=O)N(C)c2ccccc21. The molecular formula is C16H24N2OS. The van der Waals surface area contributed by atoms with Crippen LogP contribution in [0, 0.1) is 0 Å². The molecule has 110 valence electrons. The first kappa shape index (κ1) is 15.4. The zero-order valence-electron chi connectivity index (χ0n) is 12.4. The zero-order valence-corrected chi connectivity index (χ0v) is 13.2. The van der Waals surface area contributed by atoms with E-state index >= 15 is 0 Å². The molecular weight excluding hydrogens is 268 g/mol. The van der Waals surface area contributed by atoms with Crippen molar-refractivity contribution >= 4 is 23.4 Å². The second-order valence-electron chi connectivity index (χ2n) is 5.28. The number of hydrogen-bond donors (Lipinski definition) is 1. The Kier molecular flexibility index (Phi) is 5.92. The fourth-order valence-corrected chi connectivity index (χ4v) is 3.14. The Labute approximate surface area is 126 Å². The lowest BCUT2D eigenvalue weighted by Crippen LogP contribution is -2.38. The first-order valence-electron chi connectivity index (χ1n) is 7.32. The van der Waals surface area contributed by atoms with Crippen LogP contribution in [0.1, 0.15) is 37.3 Å². The number of fused-ring (bicyclic) bond motifs is 1. The largest absolute Gasteiger partial charge is 0.315 e. The van der Waals surface area contributed by atoms with E-state index in [2.05, 4.69) is 23.7 Å².